The Bertz CT molecular complexity index is 907. The standard InChI is InChI=1S/C27H36F2N2O3/c1-16(2)24(30-26(33)27-13-17-9-18(14-27)11-19(10-17)15-27)25(32)31-7-5-21(6-8-31)34-23-4-3-20(28)12-22(23)29/h3-4,12,16-19,21,24H,5-11,13-15H2,1-2H3,(H,30,33). The number of rotatable bonds is 6. The molecule has 34 heavy (non-hydrogen) atoms. The van der Waals surface area contributed by atoms with Crippen molar-refractivity contribution in [1.82, 2.24) is 10.2 Å². The smallest absolute Gasteiger partial charge is 0.245 e. The van der Waals surface area contributed by atoms with Crippen LogP contribution in [0, 0.1) is 40.7 Å². The number of amides is 2. The van der Waals surface area contributed by atoms with E-state index in [1.54, 1.807) is 4.90 Å². The van der Waals surface area contributed by atoms with Crippen molar-refractivity contribution in [2.24, 2.45) is 29.1 Å². The van der Waals surface area contributed by atoms with Crippen LogP contribution < -0.4 is 10.1 Å². The molecular weight excluding hydrogens is 438 g/mol. The largest absolute Gasteiger partial charge is 0.487 e. The first-order valence-electron chi connectivity index (χ1n) is 12.9. The van der Waals surface area contributed by atoms with Gasteiger partial charge < -0.3 is 15.0 Å². The van der Waals surface area contributed by atoms with E-state index in [2.05, 4.69) is 5.32 Å². The fraction of sp³-hybridized carbons (Fsp3) is 0.704. The normalized spacial score (nSPS) is 31.6. The summed E-state index contributed by atoms with van der Waals surface area (Å²) in [6, 6.07) is 2.76. The molecule has 5 aliphatic rings. The summed E-state index contributed by atoms with van der Waals surface area (Å²) in [7, 11) is 0. The van der Waals surface area contributed by atoms with Crippen LogP contribution in [0.25, 0.3) is 0 Å². The Hall–Kier alpha value is -2.18. The lowest BCUT2D eigenvalue weighted by Gasteiger charge is -2.56. The van der Waals surface area contributed by atoms with E-state index in [1.165, 1.54) is 31.4 Å². The predicted molar refractivity (Wildman–Crippen MR) is 124 cm³/mol. The number of carbonyl (C=O) groups is 2. The van der Waals surface area contributed by atoms with E-state index in [1.807, 2.05) is 13.8 Å². The first-order valence-corrected chi connectivity index (χ1v) is 12.9. The van der Waals surface area contributed by atoms with Crippen molar-refractivity contribution in [3.63, 3.8) is 0 Å². The van der Waals surface area contributed by atoms with Crippen molar-refractivity contribution in [2.45, 2.75) is 77.4 Å². The van der Waals surface area contributed by atoms with Crippen molar-refractivity contribution in [3.8, 4) is 5.75 Å². The predicted octanol–water partition coefficient (Wildman–Crippen LogP) is 4.69. The molecule has 5 fully saturated rings. The number of benzene rings is 1. The Morgan fingerprint density at radius 2 is 1.62 bits per heavy atom. The second-order valence-corrected chi connectivity index (χ2v) is 11.6. The number of halogens is 2. The molecule has 0 spiro atoms. The Morgan fingerprint density at radius 3 is 2.15 bits per heavy atom. The minimum absolute atomic E-state index is 0.00681. The highest BCUT2D eigenvalue weighted by molar-refractivity contribution is 5.90. The molecule has 6 rings (SSSR count). The van der Waals surface area contributed by atoms with Crippen LogP contribution in [0.3, 0.4) is 0 Å². The molecule has 1 unspecified atom stereocenters. The third-order valence-corrected chi connectivity index (χ3v) is 8.68. The maximum Gasteiger partial charge on any atom is 0.245 e. The maximum absolute atomic E-state index is 13.9. The number of ether oxygens (including phenoxy) is 1. The van der Waals surface area contributed by atoms with Gasteiger partial charge in [0.25, 0.3) is 0 Å². The number of carbonyl (C=O) groups excluding carboxylic acids is 2. The van der Waals surface area contributed by atoms with E-state index in [0.29, 0.717) is 43.7 Å². The average Bonchev–Trinajstić information content (AvgIpc) is 2.78. The molecule has 1 heterocycles. The van der Waals surface area contributed by atoms with Crippen LogP contribution >= 0.6 is 0 Å². The second kappa shape index (κ2) is 9.12. The van der Waals surface area contributed by atoms with Gasteiger partial charge in [0.1, 0.15) is 18.0 Å². The van der Waals surface area contributed by atoms with E-state index in [0.717, 1.165) is 25.3 Å². The summed E-state index contributed by atoms with van der Waals surface area (Å²) in [4.78, 5) is 28.8. The molecule has 5 nitrogen and oxygen atoms in total. The van der Waals surface area contributed by atoms with E-state index >= 15 is 0 Å². The summed E-state index contributed by atoms with van der Waals surface area (Å²) < 4.78 is 32.8. The molecule has 4 aliphatic carbocycles. The minimum Gasteiger partial charge on any atom is -0.487 e. The molecule has 4 bridgehead atoms. The first-order chi connectivity index (χ1) is 16.2. The van der Waals surface area contributed by atoms with Crippen molar-refractivity contribution in [3.05, 3.63) is 29.8 Å². The number of nitrogens with zero attached hydrogens (tertiary/aromatic N) is 1. The molecule has 4 saturated carbocycles. The third-order valence-electron chi connectivity index (χ3n) is 8.68. The van der Waals surface area contributed by atoms with Gasteiger partial charge in [0.15, 0.2) is 11.6 Å². The Kier molecular flexibility index (Phi) is 6.32. The topological polar surface area (TPSA) is 58.6 Å². The highest BCUT2D eigenvalue weighted by Crippen LogP contribution is 2.60. The summed E-state index contributed by atoms with van der Waals surface area (Å²) in [5, 5.41) is 3.19. The molecule has 0 aromatic heterocycles. The fourth-order valence-corrected chi connectivity index (χ4v) is 7.34. The van der Waals surface area contributed by atoms with Gasteiger partial charge in [0.2, 0.25) is 11.8 Å². The van der Waals surface area contributed by atoms with E-state index < -0.39 is 17.7 Å². The number of piperidine rings is 1. The molecular formula is C27H36F2N2O3. The molecule has 7 heteroatoms. The molecule has 1 aliphatic heterocycles. The van der Waals surface area contributed by atoms with Crippen LogP contribution in [0.5, 0.6) is 5.75 Å². The highest BCUT2D eigenvalue weighted by Gasteiger charge is 2.55. The van der Waals surface area contributed by atoms with Crippen LogP contribution in [-0.2, 0) is 9.59 Å². The number of nitrogens with one attached hydrogen (secondary N) is 1. The van der Waals surface area contributed by atoms with E-state index in [4.69, 9.17) is 4.74 Å². The summed E-state index contributed by atoms with van der Waals surface area (Å²) in [5.41, 5.74) is -0.276. The molecule has 186 valence electrons. The Balaban J connectivity index is 1.19. The zero-order valence-electron chi connectivity index (χ0n) is 20.2. The molecule has 0 radical (unpaired) electrons. The molecule has 1 atom stereocenters. The minimum atomic E-state index is -0.717. The Morgan fingerprint density at radius 1 is 1.03 bits per heavy atom. The SMILES string of the molecule is CC(C)C(NC(=O)C12CC3CC(CC(C3)C1)C2)C(=O)N1CCC(Oc2ccc(F)cc2F)CC1. The average molecular weight is 475 g/mol. The van der Waals surface area contributed by atoms with Crippen LogP contribution in [0.1, 0.15) is 65.2 Å². The van der Waals surface area contributed by atoms with Crippen LogP contribution in [0.2, 0.25) is 0 Å². The number of likely N-dealkylation sites (tertiary alicyclic amines) is 1. The summed E-state index contributed by atoms with van der Waals surface area (Å²) in [6.07, 6.45) is 7.66. The van der Waals surface area contributed by atoms with Crippen molar-refractivity contribution < 1.29 is 23.1 Å². The molecule has 1 saturated heterocycles. The van der Waals surface area contributed by atoms with Gasteiger partial charge >= 0.3 is 0 Å². The molecule has 1 aromatic carbocycles. The van der Waals surface area contributed by atoms with Crippen LogP contribution in [-0.4, -0.2) is 41.9 Å². The van der Waals surface area contributed by atoms with Crippen molar-refractivity contribution in [1.29, 1.82) is 0 Å². The quantitative estimate of drug-likeness (QED) is 0.651. The van der Waals surface area contributed by atoms with Gasteiger partial charge in [-0.2, -0.15) is 0 Å². The van der Waals surface area contributed by atoms with E-state index in [9.17, 15) is 18.4 Å². The summed E-state index contributed by atoms with van der Waals surface area (Å²) >= 11 is 0. The Labute approximate surface area is 200 Å². The molecule has 1 N–H and O–H groups in total. The van der Waals surface area contributed by atoms with Crippen molar-refractivity contribution in [2.75, 3.05) is 13.1 Å². The third kappa shape index (κ3) is 4.55. The molecule has 1 aromatic rings. The van der Waals surface area contributed by atoms with E-state index in [-0.39, 0.29) is 35.0 Å². The van der Waals surface area contributed by atoms with Gasteiger partial charge in [0.05, 0.1) is 0 Å². The van der Waals surface area contributed by atoms with Gasteiger partial charge in [-0.3, -0.25) is 9.59 Å². The second-order valence-electron chi connectivity index (χ2n) is 11.6. The maximum atomic E-state index is 13.9. The lowest BCUT2D eigenvalue weighted by Crippen LogP contribution is -2.59. The van der Waals surface area contributed by atoms with Crippen LogP contribution in [0.15, 0.2) is 18.2 Å². The van der Waals surface area contributed by atoms with Gasteiger partial charge in [-0.1, -0.05) is 13.8 Å². The van der Waals surface area contributed by atoms with Crippen LogP contribution in [0.4, 0.5) is 8.78 Å². The zero-order valence-corrected chi connectivity index (χ0v) is 20.2. The van der Waals surface area contributed by atoms with Crippen molar-refractivity contribution >= 4 is 11.8 Å². The van der Waals surface area contributed by atoms with Gasteiger partial charge in [0, 0.05) is 37.4 Å². The fourth-order valence-electron chi connectivity index (χ4n) is 7.34. The summed E-state index contributed by atoms with van der Waals surface area (Å²) in [5.74, 6) is 0.747. The lowest BCUT2D eigenvalue weighted by molar-refractivity contribution is -0.151. The van der Waals surface area contributed by atoms with Gasteiger partial charge in [-0.25, -0.2) is 8.78 Å². The first kappa shape index (κ1) is 23.6. The summed E-state index contributed by atoms with van der Waals surface area (Å²) in [6.45, 7) is 4.94. The van der Waals surface area contributed by atoms with Gasteiger partial charge in [-0.05, 0) is 74.3 Å². The monoisotopic (exact) mass is 474 g/mol. The van der Waals surface area contributed by atoms with Gasteiger partial charge in [-0.15, -0.1) is 0 Å². The number of hydrogen-bond donors (Lipinski definition) is 1. The molecule has 2 amide bonds. The highest BCUT2D eigenvalue weighted by atomic mass is 19.1. The lowest BCUT2D eigenvalue weighted by atomic mass is 9.49. The number of hydrogen-bond acceptors (Lipinski definition) is 3. The zero-order chi connectivity index (χ0) is 24.0.